The number of thioether (sulfide) groups is 1. The molecule has 1 aromatic heterocycles. The van der Waals surface area contributed by atoms with Crippen LogP contribution in [0.3, 0.4) is 0 Å². The summed E-state index contributed by atoms with van der Waals surface area (Å²) >= 11 is 4.87. The number of methoxy groups -OCH3 is 1. The highest BCUT2D eigenvalue weighted by Gasteiger charge is 2.07. The molecule has 0 spiro atoms. The number of nitrogens with one attached hydrogen (secondary N) is 1. The highest BCUT2D eigenvalue weighted by Crippen LogP contribution is 2.26. The predicted molar refractivity (Wildman–Crippen MR) is 71.3 cm³/mol. The Balaban J connectivity index is 2.56. The van der Waals surface area contributed by atoms with Crippen molar-refractivity contribution in [3.05, 3.63) is 10.7 Å². The summed E-state index contributed by atoms with van der Waals surface area (Å²) in [6.07, 6.45) is 2.07. The van der Waals surface area contributed by atoms with Gasteiger partial charge in [0.05, 0.1) is 18.0 Å². The molecule has 0 saturated carbocycles. The summed E-state index contributed by atoms with van der Waals surface area (Å²) in [6.45, 7) is 2.75. The minimum absolute atomic E-state index is 0.213. The Morgan fingerprint density at radius 2 is 2.41 bits per heavy atom. The normalized spacial score (nSPS) is 10.1. The monoisotopic (exact) mass is 319 g/mol. The van der Waals surface area contributed by atoms with Gasteiger partial charge in [-0.3, -0.25) is 4.79 Å². The van der Waals surface area contributed by atoms with Crippen molar-refractivity contribution in [2.24, 2.45) is 0 Å². The molecule has 0 unspecified atom stereocenters. The van der Waals surface area contributed by atoms with E-state index >= 15 is 0 Å². The molecule has 1 aromatic rings. The molecule has 1 rings (SSSR count). The number of halogens is 1. The molecule has 0 aliphatic carbocycles. The smallest absolute Gasteiger partial charge is 0.306 e. The van der Waals surface area contributed by atoms with Crippen LogP contribution in [0, 0.1) is 0 Å². The van der Waals surface area contributed by atoms with E-state index in [0.717, 1.165) is 16.0 Å². The predicted octanol–water partition coefficient (Wildman–Crippen LogP) is 2.33. The molecule has 0 fully saturated rings. The summed E-state index contributed by atoms with van der Waals surface area (Å²) in [5.41, 5.74) is 0. The van der Waals surface area contributed by atoms with Gasteiger partial charge in [0.2, 0.25) is 5.95 Å². The molecule has 5 nitrogen and oxygen atoms in total. The van der Waals surface area contributed by atoms with Crippen LogP contribution in [0.15, 0.2) is 15.7 Å². The van der Waals surface area contributed by atoms with E-state index in [1.807, 2.05) is 6.92 Å². The zero-order chi connectivity index (χ0) is 12.7. The minimum atomic E-state index is -0.213. The Morgan fingerprint density at radius 1 is 1.65 bits per heavy atom. The van der Waals surface area contributed by atoms with Gasteiger partial charge in [-0.25, -0.2) is 9.97 Å². The van der Waals surface area contributed by atoms with Gasteiger partial charge in [0.25, 0.3) is 0 Å². The van der Waals surface area contributed by atoms with Gasteiger partial charge in [-0.1, -0.05) is 0 Å². The largest absolute Gasteiger partial charge is 0.469 e. The summed E-state index contributed by atoms with van der Waals surface area (Å²) in [5.74, 6) is 1.01. The maximum Gasteiger partial charge on any atom is 0.306 e. The van der Waals surface area contributed by atoms with Crippen molar-refractivity contribution in [1.29, 1.82) is 0 Å². The van der Waals surface area contributed by atoms with Crippen molar-refractivity contribution in [3.8, 4) is 0 Å². The van der Waals surface area contributed by atoms with Crippen LogP contribution < -0.4 is 5.32 Å². The van der Waals surface area contributed by atoms with Crippen molar-refractivity contribution in [2.45, 2.75) is 18.4 Å². The van der Waals surface area contributed by atoms with E-state index < -0.39 is 0 Å². The highest BCUT2D eigenvalue weighted by molar-refractivity contribution is 9.10. The fraction of sp³-hybridized carbons (Fsp3) is 0.500. The first kappa shape index (κ1) is 14.2. The molecule has 1 heterocycles. The van der Waals surface area contributed by atoms with E-state index in [1.54, 1.807) is 6.20 Å². The second-order valence-corrected chi connectivity index (χ2v) is 4.99. The Bertz CT molecular complexity index is 390. The van der Waals surface area contributed by atoms with Crippen molar-refractivity contribution < 1.29 is 9.53 Å². The molecule has 0 bridgehead atoms. The van der Waals surface area contributed by atoms with E-state index in [1.165, 1.54) is 18.9 Å². The number of hydrogen-bond donors (Lipinski definition) is 1. The van der Waals surface area contributed by atoms with E-state index in [4.69, 9.17) is 0 Å². The first-order valence-corrected chi connectivity index (χ1v) is 6.91. The Hall–Kier alpha value is -0.820. The molecule has 17 heavy (non-hydrogen) atoms. The molecule has 0 aromatic carbocycles. The molecular formula is C10H14BrN3O2S. The molecule has 1 N–H and O–H groups in total. The van der Waals surface area contributed by atoms with Crippen LogP contribution in [0.1, 0.15) is 13.3 Å². The van der Waals surface area contributed by atoms with E-state index in [-0.39, 0.29) is 5.97 Å². The van der Waals surface area contributed by atoms with Gasteiger partial charge in [-0.15, -0.1) is 11.8 Å². The standard InChI is InChI=1S/C10H14BrN3O2S/c1-3-12-10-13-6-7(11)9(14-10)17-5-4-8(15)16-2/h6H,3-5H2,1-2H3,(H,12,13,14). The quantitative estimate of drug-likeness (QED) is 0.493. The van der Waals surface area contributed by atoms with Crippen molar-refractivity contribution in [2.75, 3.05) is 24.7 Å². The molecule has 0 aliphatic rings. The average Bonchev–Trinajstić information content (AvgIpc) is 2.33. The van der Waals surface area contributed by atoms with Crippen LogP contribution in [-0.4, -0.2) is 35.3 Å². The van der Waals surface area contributed by atoms with Gasteiger partial charge in [-0.2, -0.15) is 0 Å². The van der Waals surface area contributed by atoms with E-state index in [2.05, 4.69) is 36.0 Å². The number of hydrogen-bond acceptors (Lipinski definition) is 6. The third-order valence-corrected chi connectivity index (χ3v) is 3.66. The van der Waals surface area contributed by atoms with Crippen LogP contribution in [0.4, 0.5) is 5.95 Å². The van der Waals surface area contributed by atoms with Gasteiger partial charge in [-0.05, 0) is 22.9 Å². The summed E-state index contributed by atoms with van der Waals surface area (Å²) in [6, 6.07) is 0. The van der Waals surface area contributed by atoms with Crippen LogP contribution in [0.2, 0.25) is 0 Å². The number of aromatic nitrogens is 2. The zero-order valence-corrected chi connectivity index (χ0v) is 12.1. The summed E-state index contributed by atoms with van der Waals surface area (Å²) < 4.78 is 5.40. The number of rotatable bonds is 6. The third kappa shape index (κ3) is 4.91. The Labute approximate surface area is 113 Å². The molecule has 0 aliphatic heterocycles. The molecule has 0 atom stereocenters. The molecule has 7 heteroatoms. The number of anilines is 1. The van der Waals surface area contributed by atoms with E-state index in [0.29, 0.717) is 18.1 Å². The fourth-order valence-electron chi connectivity index (χ4n) is 1.03. The molecule has 0 radical (unpaired) electrons. The van der Waals surface area contributed by atoms with Crippen LogP contribution >= 0.6 is 27.7 Å². The lowest BCUT2D eigenvalue weighted by atomic mass is 10.5. The lowest BCUT2D eigenvalue weighted by Crippen LogP contribution is -2.04. The maximum atomic E-state index is 11.0. The number of carbonyl (C=O) groups is 1. The molecule has 0 amide bonds. The maximum absolute atomic E-state index is 11.0. The summed E-state index contributed by atoms with van der Waals surface area (Å²) in [5, 5.41) is 3.86. The Kier molecular flexibility index (Phi) is 6.28. The third-order valence-electron chi connectivity index (χ3n) is 1.82. The highest BCUT2D eigenvalue weighted by atomic mass is 79.9. The lowest BCUT2D eigenvalue weighted by molar-refractivity contribution is -0.140. The van der Waals surface area contributed by atoms with Crippen LogP contribution in [0.25, 0.3) is 0 Å². The zero-order valence-electron chi connectivity index (χ0n) is 9.70. The van der Waals surface area contributed by atoms with Gasteiger partial charge in [0.15, 0.2) is 0 Å². The Morgan fingerprint density at radius 3 is 3.06 bits per heavy atom. The average molecular weight is 320 g/mol. The number of nitrogens with zero attached hydrogens (tertiary/aromatic N) is 2. The van der Waals surface area contributed by atoms with Gasteiger partial charge in [0, 0.05) is 18.5 Å². The van der Waals surface area contributed by atoms with Gasteiger partial charge in [0.1, 0.15) is 5.03 Å². The van der Waals surface area contributed by atoms with Crippen molar-refractivity contribution >= 4 is 39.6 Å². The van der Waals surface area contributed by atoms with Gasteiger partial charge < -0.3 is 10.1 Å². The van der Waals surface area contributed by atoms with Gasteiger partial charge >= 0.3 is 5.97 Å². The molecule has 0 saturated heterocycles. The van der Waals surface area contributed by atoms with Crippen molar-refractivity contribution in [3.63, 3.8) is 0 Å². The van der Waals surface area contributed by atoms with E-state index in [9.17, 15) is 4.79 Å². The minimum Gasteiger partial charge on any atom is -0.469 e. The lowest BCUT2D eigenvalue weighted by Gasteiger charge is -2.06. The second kappa shape index (κ2) is 7.50. The summed E-state index contributed by atoms with van der Waals surface area (Å²) in [7, 11) is 1.39. The number of ether oxygens (including phenoxy) is 1. The second-order valence-electron chi connectivity index (χ2n) is 3.05. The first-order valence-electron chi connectivity index (χ1n) is 5.13. The summed E-state index contributed by atoms with van der Waals surface area (Å²) in [4.78, 5) is 19.4. The SMILES string of the molecule is CCNc1ncc(Br)c(SCCC(=O)OC)n1. The number of carbonyl (C=O) groups excluding carboxylic acids is 1. The molecular weight excluding hydrogens is 306 g/mol. The number of esters is 1. The van der Waals surface area contributed by atoms with Crippen LogP contribution in [-0.2, 0) is 9.53 Å². The topological polar surface area (TPSA) is 64.1 Å². The van der Waals surface area contributed by atoms with Crippen LogP contribution in [0.5, 0.6) is 0 Å². The van der Waals surface area contributed by atoms with Crippen molar-refractivity contribution in [1.82, 2.24) is 9.97 Å². The fourth-order valence-corrected chi connectivity index (χ4v) is 2.37. The molecule has 94 valence electrons. The first-order chi connectivity index (χ1) is 8.17.